The lowest BCUT2D eigenvalue weighted by Crippen LogP contribution is -2.09. The zero-order valence-corrected chi connectivity index (χ0v) is 12.0. The highest BCUT2D eigenvalue weighted by Gasteiger charge is 2.08. The predicted molar refractivity (Wildman–Crippen MR) is 81.7 cm³/mol. The third-order valence-corrected chi connectivity index (χ3v) is 3.71. The lowest BCUT2D eigenvalue weighted by molar-refractivity contribution is 0.677. The van der Waals surface area contributed by atoms with E-state index in [2.05, 4.69) is 56.8 Å². The number of aromatic nitrogens is 3. The van der Waals surface area contributed by atoms with Crippen LogP contribution < -0.4 is 5.32 Å². The molecular weight excluding hydrogens is 248 g/mol. The third-order valence-electron chi connectivity index (χ3n) is 3.71. The summed E-state index contributed by atoms with van der Waals surface area (Å²) in [5, 5.41) is 4.54. The van der Waals surface area contributed by atoms with Crippen molar-refractivity contribution in [3.05, 3.63) is 54.2 Å². The molecule has 0 saturated heterocycles. The van der Waals surface area contributed by atoms with Gasteiger partial charge in [0.2, 0.25) is 0 Å². The van der Waals surface area contributed by atoms with Gasteiger partial charge in [0.25, 0.3) is 0 Å². The molecule has 4 nitrogen and oxygen atoms in total. The average molecular weight is 268 g/mol. The van der Waals surface area contributed by atoms with Crippen LogP contribution in [-0.4, -0.2) is 21.2 Å². The quantitative estimate of drug-likeness (QED) is 0.772. The Morgan fingerprint density at radius 3 is 2.90 bits per heavy atom. The first-order valence-electron chi connectivity index (χ1n) is 7.03. The van der Waals surface area contributed by atoms with Gasteiger partial charge in [-0.15, -0.1) is 0 Å². The second-order valence-corrected chi connectivity index (χ2v) is 5.00. The number of para-hydroxylation sites is 1. The van der Waals surface area contributed by atoms with Crippen LogP contribution >= 0.6 is 0 Å². The lowest BCUT2D eigenvalue weighted by atomic mass is 10.1. The van der Waals surface area contributed by atoms with Gasteiger partial charge < -0.3 is 14.5 Å². The summed E-state index contributed by atoms with van der Waals surface area (Å²) in [6, 6.07) is 8.66. The van der Waals surface area contributed by atoms with Gasteiger partial charge in [0.15, 0.2) is 0 Å². The van der Waals surface area contributed by atoms with Crippen molar-refractivity contribution in [2.45, 2.75) is 26.6 Å². The van der Waals surface area contributed by atoms with Crippen LogP contribution in [0.2, 0.25) is 0 Å². The number of hydrogen-bond acceptors (Lipinski definition) is 2. The van der Waals surface area contributed by atoms with Gasteiger partial charge in [0.1, 0.15) is 0 Å². The van der Waals surface area contributed by atoms with Crippen molar-refractivity contribution in [2.75, 3.05) is 7.05 Å². The van der Waals surface area contributed by atoms with Crippen LogP contribution in [0.3, 0.4) is 0 Å². The van der Waals surface area contributed by atoms with Crippen LogP contribution in [0, 0.1) is 0 Å². The minimum Gasteiger partial charge on any atom is -0.341 e. The van der Waals surface area contributed by atoms with Gasteiger partial charge in [-0.25, -0.2) is 4.98 Å². The van der Waals surface area contributed by atoms with E-state index in [1.807, 2.05) is 19.6 Å². The molecule has 3 aromatic rings. The number of benzene rings is 1. The molecule has 0 spiro atoms. The van der Waals surface area contributed by atoms with Gasteiger partial charge in [0, 0.05) is 25.5 Å². The Morgan fingerprint density at radius 1 is 1.20 bits per heavy atom. The number of aryl methyl sites for hydroxylation is 1. The van der Waals surface area contributed by atoms with E-state index < -0.39 is 0 Å². The van der Waals surface area contributed by atoms with E-state index in [0.717, 1.165) is 19.6 Å². The lowest BCUT2D eigenvalue weighted by Gasteiger charge is -2.11. The summed E-state index contributed by atoms with van der Waals surface area (Å²) in [6.45, 7) is 4.84. The largest absolute Gasteiger partial charge is 0.341 e. The van der Waals surface area contributed by atoms with Crippen molar-refractivity contribution in [3.63, 3.8) is 0 Å². The van der Waals surface area contributed by atoms with Crippen molar-refractivity contribution in [3.8, 4) is 0 Å². The number of hydrogen-bond donors (Lipinski definition) is 1. The van der Waals surface area contributed by atoms with E-state index in [0.29, 0.717) is 0 Å². The molecule has 104 valence electrons. The molecule has 4 heteroatoms. The van der Waals surface area contributed by atoms with Gasteiger partial charge in [-0.1, -0.05) is 18.2 Å². The third kappa shape index (κ3) is 2.23. The Morgan fingerprint density at radius 2 is 2.10 bits per heavy atom. The number of rotatable bonds is 5. The van der Waals surface area contributed by atoms with Gasteiger partial charge in [0.05, 0.1) is 24.1 Å². The van der Waals surface area contributed by atoms with Crippen molar-refractivity contribution >= 4 is 10.9 Å². The molecule has 2 heterocycles. The first kappa shape index (κ1) is 12.9. The first-order valence-corrected chi connectivity index (χ1v) is 7.03. The number of nitrogens with one attached hydrogen (secondary N) is 1. The Kier molecular flexibility index (Phi) is 3.56. The topological polar surface area (TPSA) is 34.8 Å². The molecule has 0 atom stereocenters. The van der Waals surface area contributed by atoms with E-state index in [-0.39, 0.29) is 0 Å². The zero-order chi connectivity index (χ0) is 13.9. The van der Waals surface area contributed by atoms with Crippen LogP contribution in [-0.2, 0) is 19.6 Å². The zero-order valence-electron chi connectivity index (χ0n) is 12.0. The smallest absolute Gasteiger partial charge is 0.0948 e. The SMILES string of the molecule is CCn1cncc1Cn1ccc2cccc(CNC)c21. The van der Waals surface area contributed by atoms with Crippen molar-refractivity contribution in [2.24, 2.45) is 0 Å². The maximum Gasteiger partial charge on any atom is 0.0948 e. The number of nitrogens with zero attached hydrogens (tertiary/aromatic N) is 3. The molecule has 0 fully saturated rings. The molecule has 0 bridgehead atoms. The van der Waals surface area contributed by atoms with Crippen LogP contribution in [0.25, 0.3) is 10.9 Å². The number of imidazole rings is 1. The van der Waals surface area contributed by atoms with Gasteiger partial charge >= 0.3 is 0 Å². The van der Waals surface area contributed by atoms with Crippen LogP contribution in [0.15, 0.2) is 43.0 Å². The van der Waals surface area contributed by atoms with Crippen molar-refractivity contribution < 1.29 is 0 Å². The molecule has 1 aromatic carbocycles. The summed E-state index contributed by atoms with van der Waals surface area (Å²) in [6.07, 6.45) is 6.02. The Hall–Kier alpha value is -2.07. The van der Waals surface area contributed by atoms with E-state index >= 15 is 0 Å². The summed E-state index contributed by atoms with van der Waals surface area (Å²) >= 11 is 0. The summed E-state index contributed by atoms with van der Waals surface area (Å²) < 4.78 is 4.50. The highest BCUT2D eigenvalue weighted by atomic mass is 15.1. The van der Waals surface area contributed by atoms with Gasteiger partial charge in [-0.3, -0.25) is 0 Å². The minimum atomic E-state index is 0.859. The molecule has 2 aromatic heterocycles. The molecular formula is C16H20N4. The molecule has 0 saturated carbocycles. The Labute approximate surface area is 119 Å². The predicted octanol–water partition coefficient (Wildman–Crippen LogP) is 2.63. The second kappa shape index (κ2) is 5.51. The maximum atomic E-state index is 4.25. The molecule has 20 heavy (non-hydrogen) atoms. The molecule has 0 aliphatic rings. The Bertz CT molecular complexity index is 708. The molecule has 0 aliphatic carbocycles. The fourth-order valence-corrected chi connectivity index (χ4v) is 2.74. The molecule has 0 aliphatic heterocycles. The highest BCUT2D eigenvalue weighted by molar-refractivity contribution is 5.83. The summed E-state index contributed by atoms with van der Waals surface area (Å²) in [5.41, 5.74) is 3.88. The van der Waals surface area contributed by atoms with Gasteiger partial charge in [-0.2, -0.15) is 0 Å². The van der Waals surface area contributed by atoms with Crippen LogP contribution in [0.4, 0.5) is 0 Å². The molecule has 0 radical (unpaired) electrons. The molecule has 0 unspecified atom stereocenters. The summed E-state index contributed by atoms with van der Waals surface area (Å²) in [5.74, 6) is 0. The molecule has 0 amide bonds. The molecule has 3 rings (SSSR count). The first-order chi connectivity index (χ1) is 9.83. The standard InChI is InChI=1S/C16H20N4/c1-3-19-12-18-10-15(19)11-20-8-7-13-5-4-6-14(9-17-2)16(13)20/h4-8,10,12,17H,3,9,11H2,1-2H3. The van der Waals surface area contributed by atoms with Crippen molar-refractivity contribution in [1.82, 2.24) is 19.4 Å². The van der Waals surface area contributed by atoms with E-state index in [9.17, 15) is 0 Å². The van der Waals surface area contributed by atoms with E-state index in [1.54, 1.807) is 0 Å². The minimum absolute atomic E-state index is 0.859. The Balaban J connectivity index is 2.03. The van der Waals surface area contributed by atoms with E-state index in [4.69, 9.17) is 0 Å². The number of fused-ring (bicyclic) bond motifs is 1. The van der Waals surface area contributed by atoms with Crippen LogP contribution in [0.1, 0.15) is 18.2 Å². The summed E-state index contributed by atoms with van der Waals surface area (Å²) in [4.78, 5) is 4.25. The fourth-order valence-electron chi connectivity index (χ4n) is 2.74. The maximum absolute atomic E-state index is 4.25. The van der Waals surface area contributed by atoms with Gasteiger partial charge in [-0.05, 0) is 31.0 Å². The summed E-state index contributed by atoms with van der Waals surface area (Å²) in [7, 11) is 1.98. The molecule has 1 N–H and O–H groups in total. The monoisotopic (exact) mass is 268 g/mol. The van der Waals surface area contributed by atoms with E-state index in [1.165, 1.54) is 22.2 Å². The average Bonchev–Trinajstić information content (AvgIpc) is 3.07. The van der Waals surface area contributed by atoms with Crippen LogP contribution in [0.5, 0.6) is 0 Å². The van der Waals surface area contributed by atoms with Crippen molar-refractivity contribution in [1.29, 1.82) is 0 Å². The second-order valence-electron chi connectivity index (χ2n) is 5.00. The highest BCUT2D eigenvalue weighted by Crippen LogP contribution is 2.21. The normalized spacial score (nSPS) is 11.3. The fraction of sp³-hybridized carbons (Fsp3) is 0.312.